The monoisotopic (exact) mass is 415 g/mol. The third-order valence-electron chi connectivity index (χ3n) is 5.95. The second-order valence-electron chi connectivity index (χ2n) is 8.05. The maximum absolute atomic E-state index is 13.1. The number of nitrogens with zero attached hydrogens (tertiary/aromatic N) is 5. The van der Waals surface area contributed by atoms with Crippen LogP contribution >= 0.6 is 0 Å². The highest BCUT2D eigenvalue weighted by molar-refractivity contribution is 5.81. The Bertz CT molecular complexity index is 1250. The molecule has 0 N–H and O–H groups in total. The lowest BCUT2D eigenvalue weighted by molar-refractivity contribution is -0.131. The highest BCUT2D eigenvalue weighted by Gasteiger charge is 2.19. The van der Waals surface area contributed by atoms with Crippen LogP contribution in [0.1, 0.15) is 35.3 Å². The van der Waals surface area contributed by atoms with E-state index in [1.807, 2.05) is 59.6 Å². The molecule has 2 aromatic carbocycles. The lowest BCUT2D eigenvalue weighted by Crippen LogP contribution is -2.30. The minimum atomic E-state index is 0.0558. The lowest BCUT2D eigenvalue weighted by atomic mass is 10.1. The molecule has 0 unspecified atom stereocenters. The fourth-order valence-electron chi connectivity index (χ4n) is 4.09. The third-order valence-corrected chi connectivity index (χ3v) is 5.95. The fourth-order valence-corrected chi connectivity index (χ4v) is 4.09. The van der Waals surface area contributed by atoms with Gasteiger partial charge in [-0.05, 0) is 44.5 Å². The number of aryl methyl sites for hydroxylation is 3. The standard InChI is InChI=1S/C25H29N5O/c1-6-24-26-21-12-8-10-14-23(21)29(24)16-25(31)28(5)15-20-18(3)27-30(19(20)4)22-13-9-7-11-17(22)2/h7-14H,6,15-16H2,1-5H3. The Morgan fingerprint density at radius 1 is 1.03 bits per heavy atom. The van der Waals surface area contributed by atoms with Crippen molar-refractivity contribution in [1.29, 1.82) is 0 Å². The van der Waals surface area contributed by atoms with Crippen molar-refractivity contribution >= 4 is 16.9 Å². The van der Waals surface area contributed by atoms with Crippen molar-refractivity contribution in [2.75, 3.05) is 7.05 Å². The quantitative estimate of drug-likeness (QED) is 0.470. The van der Waals surface area contributed by atoms with Gasteiger partial charge in [-0.3, -0.25) is 4.79 Å². The van der Waals surface area contributed by atoms with Gasteiger partial charge in [0.2, 0.25) is 5.91 Å². The predicted octanol–water partition coefficient (Wildman–Crippen LogP) is 4.37. The fraction of sp³-hybridized carbons (Fsp3) is 0.320. The number of fused-ring (bicyclic) bond motifs is 1. The number of amides is 1. The first kappa shape index (κ1) is 20.8. The van der Waals surface area contributed by atoms with Crippen molar-refractivity contribution in [2.24, 2.45) is 0 Å². The number of imidazole rings is 1. The molecule has 0 atom stereocenters. The summed E-state index contributed by atoms with van der Waals surface area (Å²) in [5.74, 6) is 0.989. The lowest BCUT2D eigenvalue weighted by Gasteiger charge is -2.19. The molecule has 2 aromatic heterocycles. The largest absolute Gasteiger partial charge is 0.340 e. The summed E-state index contributed by atoms with van der Waals surface area (Å²) in [6, 6.07) is 16.2. The van der Waals surface area contributed by atoms with Gasteiger partial charge in [-0.2, -0.15) is 5.10 Å². The van der Waals surface area contributed by atoms with Gasteiger partial charge in [0.05, 0.1) is 22.4 Å². The Hall–Kier alpha value is -3.41. The topological polar surface area (TPSA) is 56.0 Å². The second kappa shape index (κ2) is 8.38. The molecule has 0 spiro atoms. The Kier molecular flexibility index (Phi) is 5.63. The zero-order valence-electron chi connectivity index (χ0n) is 18.9. The summed E-state index contributed by atoms with van der Waals surface area (Å²) in [6.07, 6.45) is 0.785. The second-order valence-corrected chi connectivity index (χ2v) is 8.05. The number of carbonyl (C=O) groups excluding carboxylic acids is 1. The number of rotatable bonds is 6. The molecule has 0 radical (unpaired) electrons. The molecule has 160 valence electrons. The molecule has 0 aliphatic heterocycles. The summed E-state index contributed by atoms with van der Waals surface area (Å²) < 4.78 is 4.02. The maximum Gasteiger partial charge on any atom is 0.242 e. The molecule has 4 aromatic rings. The summed E-state index contributed by atoms with van der Waals surface area (Å²) in [4.78, 5) is 19.6. The SMILES string of the molecule is CCc1nc2ccccc2n1CC(=O)N(C)Cc1c(C)nn(-c2ccccc2C)c1C. The van der Waals surface area contributed by atoms with Gasteiger partial charge in [-0.1, -0.05) is 37.3 Å². The number of likely N-dealkylation sites (N-methyl/N-ethyl adjacent to an activating group) is 1. The Morgan fingerprint density at radius 2 is 1.74 bits per heavy atom. The molecular formula is C25H29N5O. The van der Waals surface area contributed by atoms with Crippen molar-refractivity contribution in [3.8, 4) is 5.69 Å². The normalized spacial score (nSPS) is 11.3. The van der Waals surface area contributed by atoms with Gasteiger partial charge in [0.15, 0.2) is 0 Å². The molecule has 2 heterocycles. The van der Waals surface area contributed by atoms with E-state index < -0.39 is 0 Å². The van der Waals surface area contributed by atoms with E-state index in [0.717, 1.165) is 45.9 Å². The number of carbonyl (C=O) groups is 1. The van der Waals surface area contributed by atoms with Crippen LogP contribution in [0, 0.1) is 20.8 Å². The molecule has 0 saturated heterocycles. The van der Waals surface area contributed by atoms with E-state index in [4.69, 9.17) is 5.10 Å². The summed E-state index contributed by atoms with van der Waals surface area (Å²) in [5.41, 5.74) is 7.27. The predicted molar refractivity (Wildman–Crippen MR) is 123 cm³/mol. The first-order chi connectivity index (χ1) is 14.9. The van der Waals surface area contributed by atoms with Crippen molar-refractivity contribution in [3.05, 3.63) is 76.9 Å². The van der Waals surface area contributed by atoms with E-state index in [0.29, 0.717) is 6.54 Å². The van der Waals surface area contributed by atoms with Crippen molar-refractivity contribution < 1.29 is 4.79 Å². The first-order valence-electron chi connectivity index (χ1n) is 10.7. The number of para-hydroxylation sites is 3. The molecule has 0 bridgehead atoms. The van der Waals surface area contributed by atoms with Gasteiger partial charge in [-0.15, -0.1) is 0 Å². The molecule has 0 fully saturated rings. The van der Waals surface area contributed by atoms with E-state index >= 15 is 0 Å². The Morgan fingerprint density at radius 3 is 2.48 bits per heavy atom. The van der Waals surface area contributed by atoms with Crippen LogP contribution in [0.4, 0.5) is 0 Å². The van der Waals surface area contributed by atoms with Crippen molar-refractivity contribution in [2.45, 2.75) is 47.2 Å². The Labute approximate surface area is 183 Å². The van der Waals surface area contributed by atoms with Crippen LogP contribution in [-0.2, 0) is 24.3 Å². The average molecular weight is 416 g/mol. The van der Waals surface area contributed by atoms with Crippen LogP contribution in [0.25, 0.3) is 16.7 Å². The summed E-state index contributed by atoms with van der Waals surface area (Å²) in [5, 5.41) is 4.76. The first-order valence-corrected chi connectivity index (χ1v) is 10.7. The summed E-state index contributed by atoms with van der Waals surface area (Å²) >= 11 is 0. The molecule has 0 aliphatic carbocycles. The molecule has 1 amide bonds. The zero-order valence-corrected chi connectivity index (χ0v) is 18.9. The van der Waals surface area contributed by atoms with Gasteiger partial charge < -0.3 is 9.47 Å². The number of hydrogen-bond donors (Lipinski definition) is 0. The number of aromatic nitrogens is 4. The van der Waals surface area contributed by atoms with Crippen LogP contribution in [0.5, 0.6) is 0 Å². The van der Waals surface area contributed by atoms with Crippen LogP contribution in [0.2, 0.25) is 0 Å². The van der Waals surface area contributed by atoms with Gasteiger partial charge >= 0.3 is 0 Å². The summed E-state index contributed by atoms with van der Waals surface area (Å²) in [6.45, 7) is 9.04. The highest BCUT2D eigenvalue weighted by atomic mass is 16.2. The third kappa shape index (κ3) is 3.85. The molecule has 0 aliphatic rings. The minimum Gasteiger partial charge on any atom is -0.340 e. The Balaban J connectivity index is 1.58. The number of hydrogen-bond acceptors (Lipinski definition) is 3. The van der Waals surface area contributed by atoms with Crippen LogP contribution in [0.3, 0.4) is 0 Å². The highest BCUT2D eigenvalue weighted by Crippen LogP contribution is 2.22. The van der Waals surface area contributed by atoms with Gasteiger partial charge in [0, 0.05) is 31.3 Å². The van der Waals surface area contributed by atoms with E-state index in [1.54, 1.807) is 4.90 Å². The maximum atomic E-state index is 13.1. The van der Waals surface area contributed by atoms with E-state index in [9.17, 15) is 4.79 Å². The van der Waals surface area contributed by atoms with Gasteiger partial charge in [-0.25, -0.2) is 9.67 Å². The smallest absolute Gasteiger partial charge is 0.242 e. The van der Waals surface area contributed by atoms with E-state index in [1.165, 1.54) is 5.56 Å². The van der Waals surface area contributed by atoms with Crippen LogP contribution in [-0.4, -0.2) is 37.2 Å². The van der Waals surface area contributed by atoms with Gasteiger partial charge in [0.25, 0.3) is 0 Å². The van der Waals surface area contributed by atoms with Crippen LogP contribution < -0.4 is 0 Å². The summed E-state index contributed by atoms with van der Waals surface area (Å²) in [7, 11) is 1.86. The number of benzene rings is 2. The van der Waals surface area contributed by atoms with E-state index in [2.05, 4.69) is 37.9 Å². The van der Waals surface area contributed by atoms with E-state index in [-0.39, 0.29) is 12.5 Å². The molecule has 4 rings (SSSR count). The molecule has 6 nitrogen and oxygen atoms in total. The van der Waals surface area contributed by atoms with Crippen molar-refractivity contribution in [1.82, 2.24) is 24.2 Å². The molecule has 31 heavy (non-hydrogen) atoms. The van der Waals surface area contributed by atoms with Crippen molar-refractivity contribution in [3.63, 3.8) is 0 Å². The minimum absolute atomic E-state index is 0.0558. The van der Waals surface area contributed by atoms with Gasteiger partial charge in [0.1, 0.15) is 12.4 Å². The molecular weight excluding hydrogens is 386 g/mol. The average Bonchev–Trinajstić information content (AvgIpc) is 3.26. The zero-order chi connectivity index (χ0) is 22.1. The van der Waals surface area contributed by atoms with Crippen LogP contribution in [0.15, 0.2) is 48.5 Å². The molecule has 6 heteroatoms. The molecule has 0 saturated carbocycles.